The fraction of sp³-hybridized carbons (Fsp3) is 0. The van der Waals surface area contributed by atoms with Gasteiger partial charge in [-0.2, -0.15) is 0 Å². The third-order valence-electron chi connectivity index (χ3n) is 9.57. The van der Waals surface area contributed by atoms with Crippen LogP contribution in [0, 0.1) is 0 Å². The molecule has 0 aliphatic carbocycles. The summed E-state index contributed by atoms with van der Waals surface area (Å²) in [6.45, 7) is 0. The first-order chi connectivity index (χ1) is 25.3. The molecule has 0 bridgehead atoms. The number of aromatic nitrogens is 1. The van der Waals surface area contributed by atoms with E-state index in [1.807, 2.05) is 6.07 Å². The zero-order valence-corrected chi connectivity index (χ0v) is 28.0. The van der Waals surface area contributed by atoms with E-state index in [1.54, 1.807) is 0 Å². The van der Waals surface area contributed by atoms with E-state index in [2.05, 4.69) is 215 Å². The lowest BCUT2D eigenvalue weighted by atomic mass is 10.0. The minimum atomic E-state index is 1.04. The van der Waals surface area contributed by atoms with Crippen LogP contribution in [0.4, 0.5) is 28.4 Å². The Labute approximate surface area is 298 Å². The topological polar surface area (TPSA) is 20.2 Å². The van der Waals surface area contributed by atoms with Crippen LogP contribution in [-0.4, -0.2) is 4.57 Å². The maximum absolute atomic E-state index is 3.59. The number of nitrogens with one attached hydrogen (secondary N) is 1. The third kappa shape index (κ3) is 5.81. The molecule has 0 saturated heterocycles. The van der Waals surface area contributed by atoms with Crippen molar-refractivity contribution in [3.63, 3.8) is 0 Å². The summed E-state index contributed by atoms with van der Waals surface area (Å²) in [5.74, 6) is 0. The molecule has 9 aromatic rings. The molecule has 3 nitrogen and oxygen atoms in total. The van der Waals surface area contributed by atoms with Gasteiger partial charge in [0.15, 0.2) is 0 Å². The monoisotopic (exact) mass is 653 g/mol. The maximum atomic E-state index is 3.59. The van der Waals surface area contributed by atoms with Crippen LogP contribution in [0.1, 0.15) is 0 Å². The van der Waals surface area contributed by atoms with E-state index in [-0.39, 0.29) is 0 Å². The number of hydrogen-bond acceptors (Lipinski definition) is 2. The van der Waals surface area contributed by atoms with E-state index < -0.39 is 0 Å². The second-order valence-corrected chi connectivity index (χ2v) is 12.7. The van der Waals surface area contributed by atoms with Crippen molar-refractivity contribution in [2.75, 3.05) is 10.2 Å². The first kappa shape index (κ1) is 30.2. The Morgan fingerprint density at radius 1 is 0.353 bits per heavy atom. The second-order valence-electron chi connectivity index (χ2n) is 12.7. The molecule has 1 heterocycles. The number of anilines is 5. The molecule has 0 saturated carbocycles. The molecule has 0 amide bonds. The largest absolute Gasteiger partial charge is 0.356 e. The number of fused-ring (bicyclic) bond motifs is 3. The lowest BCUT2D eigenvalue weighted by molar-refractivity contribution is 1.18. The van der Waals surface area contributed by atoms with Gasteiger partial charge in [0.1, 0.15) is 0 Å². The van der Waals surface area contributed by atoms with E-state index in [1.165, 1.54) is 38.5 Å². The summed E-state index contributed by atoms with van der Waals surface area (Å²) in [4.78, 5) is 2.38. The second kappa shape index (κ2) is 13.2. The summed E-state index contributed by atoms with van der Waals surface area (Å²) >= 11 is 0. The molecule has 1 aromatic heterocycles. The predicted molar refractivity (Wildman–Crippen MR) is 216 cm³/mol. The number of rotatable bonds is 8. The molecule has 9 rings (SSSR count). The highest BCUT2D eigenvalue weighted by Gasteiger charge is 2.21. The summed E-state index contributed by atoms with van der Waals surface area (Å²) < 4.78 is 2.38. The molecule has 8 aromatic carbocycles. The number of hydrogen-bond donors (Lipinski definition) is 1. The summed E-state index contributed by atoms with van der Waals surface area (Å²) in [7, 11) is 0. The zero-order chi connectivity index (χ0) is 34.0. The quantitative estimate of drug-likeness (QED) is 0.176. The van der Waals surface area contributed by atoms with Crippen molar-refractivity contribution in [2.45, 2.75) is 0 Å². The van der Waals surface area contributed by atoms with E-state index in [4.69, 9.17) is 0 Å². The van der Waals surface area contributed by atoms with Crippen LogP contribution >= 0.6 is 0 Å². The van der Waals surface area contributed by atoms with Crippen molar-refractivity contribution in [1.29, 1.82) is 0 Å². The minimum Gasteiger partial charge on any atom is -0.356 e. The number of nitrogens with zero attached hydrogens (tertiary/aromatic N) is 2. The van der Waals surface area contributed by atoms with Gasteiger partial charge in [-0.05, 0) is 101 Å². The van der Waals surface area contributed by atoms with Crippen LogP contribution in [0.5, 0.6) is 0 Å². The summed E-state index contributed by atoms with van der Waals surface area (Å²) in [5.41, 5.74) is 13.7. The third-order valence-corrected chi connectivity index (χ3v) is 9.57. The van der Waals surface area contributed by atoms with Gasteiger partial charge in [0.25, 0.3) is 0 Å². The Morgan fingerprint density at radius 2 is 0.824 bits per heavy atom. The van der Waals surface area contributed by atoms with Gasteiger partial charge in [-0.3, -0.25) is 0 Å². The summed E-state index contributed by atoms with van der Waals surface area (Å²) in [5, 5.41) is 6.01. The molecule has 0 radical (unpaired) electrons. The maximum Gasteiger partial charge on any atom is 0.0562 e. The van der Waals surface area contributed by atoms with Crippen molar-refractivity contribution in [3.8, 4) is 27.9 Å². The molecular formula is C48H35N3. The van der Waals surface area contributed by atoms with Crippen molar-refractivity contribution in [2.24, 2.45) is 0 Å². The van der Waals surface area contributed by atoms with Gasteiger partial charge in [-0.15, -0.1) is 0 Å². The first-order valence-corrected chi connectivity index (χ1v) is 17.4. The normalized spacial score (nSPS) is 11.1. The standard InChI is InChI=1S/C48H35N3/c1-4-13-35(14-5-1)37-23-27-39(28-24-37)49-40-29-33-43(34-30-40)51-45-20-11-10-19-44(45)48-46(21-12-22-47(48)51)50(41-17-8-3-9-18-41)42-31-25-38(26-32-42)36-15-6-2-7-16-36/h1-34,49H. The van der Waals surface area contributed by atoms with Crippen molar-refractivity contribution >= 4 is 50.2 Å². The van der Waals surface area contributed by atoms with E-state index in [0.29, 0.717) is 0 Å². The lowest BCUT2D eigenvalue weighted by Crippen LogP contribution is -2.10. The molecule has 0 aliphatic heterocycles. The fourth-order valence-electron chi connectivity index (χ4n) is 7.14. The molecule has 0 fully saturated rings. The molecule has 0 spiro atoms. The van der Waals surface area contributed by atoms with Crippen LogP contribution < -0.4 is 10.2 Å². The van der Waals surface area contributed by atoms with Gasteiger partial charge in [-0.1, -0.05) is 127 Å². The van der Waals surface area contributed by atoms with Gasteiger partial charge < -0.3 is 14.8 Å². The molecule has 1 N–H and O–H groups in total. The Kier molecular flexibility index (Phi) is 7.84. The smallest absolute Gasteiger partial charge is 0.0562 e. The summed E-state index contributed by atoms with van der Waals surface area (Å²) in [6, 6.07) is 73.3. The van der Waals surface area contributed by atoms with Crippen LogP contribution in [-0.2, 0) is 0 Å². The van der Waals surface area contributed by atoms with Gasteiger partial charge in [0.2, 0.25) is 0 Å². The molecule has 0 atom stereocenters. The van der Waals surface area contributed by atoms with Crippen molar-refractivity contribution in [1.82, 2.24) is 4.57 Å². The van der Waals surface area contributed by atoms with Crippen LogP contribution in [0.2, 0.25) is 0 Å². The van der Waals surface area contributed by atoms with Gasteiger partial charge >= 0.3 is 0 Å². The van der Waals surface area contributed by atoms with Crippen molar-refractivity contribution in [3.05, 3.63) is 206 Å². The van der Waals surface area contributed by atoms with Gasteiger partial charge in [0, 0.05) is 39.2 Å². The molecule has 0 unspecified atom stereocenters. The molecular weight excluding hydrogens is 619 g/mol. The van der Waals surface area contributed by atoms with Gasteiger partial charge in [-0.25, -0.2) is 0 Å². The number of para-hydroxylation sites is 2. The average molecular weight is 654 g/mol. The lowest BCUT2D eigenvalue weighted by Gasteiger charge is -2.26. The Morgan fingerprint density at radius 3 is 1.45 bits per heavy atom. The van der Waals surface area contributed by atoms with Crippen LogP contribution in [0.3, 0.4) is 0 Å². The highest BCUT2D eigenvalue weighted by Crippen LogP contribution is 2.44. The van der Waals surface area contributed by atoms with Crippen LogP contribution in [0.15, 0.2) is 206 Å². The molecule has 3 heteroatoms. The Hall–Kier alpha value is -6.84. The molecule has 242 valence electrons. The summed E-state index contributed by atoms with van der Waals surface area (Å²) in [6.07, 6.45) is 0. The first-order valence-electron chi connectivity index (χ1n) is 17.4. The average Bonchev–Trinajstić information content (AvgIpc) is 3.55. The molecule has 51 heavy (non-hydrogen) atoms. The van der Waals surface area contributed by atoms with E-state index in [9.17, 15) is 0 Å². The SMILES string of the molecule is c1ccc(-c2ccc(Nc3ccc(-n4c5ccccc5c5c(N(c6ccccc6)c6ccc(-c7ccccc7)cc6)cccc54)cc3)cc2)cc1. The minimum absolute atomic E-state index is 1.04. The zero-order valence-electron chi connectivity index (χ0n) is 28.0. The highest BCUT2D eigenvalue weighted by atomic mass is 15.1. The van der Waals surface area contributed by atoms with Crippen LogP contribution in [0.25, 0.3) is 49.7 Å². The van der Waals surface area contributed by atoms with E-state index in [0.717, 1.165) is 39.6 Å². The Bertz CT molecular complexity index is 2560. The molecule has 0 aliphatic rings. The Balaban J connectivity index is 1.11. The van der Waals surface area contributed by atoms with Crippen molar-refractivity contribution < 1.29 is 0 Å². The van der Waals surface area contributed by atoms with Gasteiger partial charge in [0.05, 0.1) is 16.7 Å². The van der Waals surface area contributed by atoms with E-state index >= 15 is 0 Å². The predicted octanol–water partition coefficient (Wildman–Crippen LogP) is 13.3. The highest BCUT2D eigenvalue weighted by molar-refractivity contribution is 6.16. The fourth-order valence-corrected chi connectivity index (χ4v) is 7.14. The number of benzene rings is 8.